The third-order valence-electron chi connectivity index (χ3n) is 6.58. The number of benzene rings is 1. The van der Waals surface area contributed by atoms with Crippen LogP contribution in [0.1, 0.15) is 60.3 Å². The van der Waals surface area contributed by atoms with Crippen LogP contribution >= 0.6 is 11.3 Å². The van der Waals surface area contributed by atoms with Crippen LogP contribution in [0.3, 0.4) is 0 Å². The molecule has 1 amide bonds. The molecule has 1 aliphatic rings. The van der Waals surface area contributed by atoms with Crippen LogP contribution in [0.2, 0.25) is 0 Å². The number of hydrogen-bond donors (Lipinski definition) is 1. The smallest absolute Gasteiger partial charge is 0.256 e. The van der Waals surface area contributed by atoms with Crippen LogP contribution in [0, 0.1) is 6.92 Å². The molecule has 1 fully saturated rings. The van der Waals surface area contributed by atoms with E-state index >= 15 is 0 Å². The van der Waals surface area contributed by atoms with Gasteiger partial charge in [-0.15, -0.1) is 11.3 Å². The van der Waals surface area contributed by atoms with Crippen LogP contribution in [0.15, 0.2) is 42.0 Å². The number of carbonyl (C=O) groups is 1. The summed E-state index contributed by atoms with van der Waals surface area (Å²) < 4.78 is 2.97. The van der Waals surface area contributed by atoms with Gasteiger partial charge in [-0.05, 0) is 48.1 Å². The van der Waals surface area contributed by atoms with Gasteiger partial charge in [0.2, 0.25) is 0 Å². The van der Waals surface area contributed by atoms with Crippen molar-refractivity contribution >= 4 is 39.1 Å². The number of fused-ring (bicyclic) bond motifs is 1. The third kappa shape index (κ3) is 4.18. The van der Waals surface area contributed by atoms with Gasteiger partial charge < -0.3 is 10.2 Å². The second-order valence-electron chi connectivity index (χ2n) is 10.1. The highest BCUT2D eigenvalue weighted by Crippen LogP contribution is 2.36. The van der Waals surface area contributed by atoms with Crippen molar-refractivity contribution in [2.45, 2.75) is 45.4 Å². The van der Waals surface area contributed by atoms with Gasteiger partial charge in [-0.3, -0.25) is 9.48 Å². The van der Waals surface area contributed by atoms with Crippen LogP contribution in [-0.4, -0.2) is 38.7 Å². The molecule has 0 spiro atoms. The molecule has 5 rings (SSSR count). The van der Waals surface area contributed by atoms with Crippen LogP contribution in [0.5, 0.6) is 0 Å². The second-order valence-corrected chi connectivity index (χ2v) is 11.0. The molecular weight excluding hydrogens is 444 g/mol. The van der Waals surface area contributed by atoms with Crippen molar-refractivity contribution < 1.29 is 4.79 Å². The summed E-state index contributed by atoms with van der Waals surface area (Å²) in [6, 6.07) is 9.99. The molecule has 1 aromatic carbocycles. The number of anilines is 2. The Kier molecular flexibility index (Phi) is 5.64. The summed E-state index contributed by atoms with van der Waals surface area (Å²) in [7, 11) is 1.91. The summed E-state index contributed by atoms with van der Waals surface area (Å²) >= 11 is 1.69. The molecule has 0 aliphatic carbocycles. The van der Waals surface area contributed by atoms with E-state index < -0.39 is 0 Å². The van der Waals surface area contributed by atoms with Gasteiger partial charge in [0.05, 0.1) is 10.2 Å². The highest BCUT2D eigenvalue weighted by atomic mass is 32.1. The molecule has 0 unspecified atom stereocenters. The Morgan fingerprint density at radius 3 is 2.76 bits per heavy atom. The Balaban J connectivity index is 1.35. The number of rotatable bonds is 4. The molecule has 0 bridgehead atoms. The predicted molar refractivity (Wildman–Crippen MR) is 138 cm³/mol. The van der Waals surface area contributed by atoms with Crippen molar-refractivity contribution in [2.24, 2.45) is 7.05 Å². The van der Waals surface area contributed by atoms with Gasteiger partial charge >= 0.3 is 0 Å². The molecule has 0 saturated carbocycles. The minimum Gasteiger partial charge on any atom is -0.355 e. The van der Waals surface area contributed by atoms with Gasteiger partial charge in [0.1, 0.15) is 12.1 Å². The molecule has 0 radical (unpaired) electrons. The van der Waals surface area contributed by atoms with Gasteiger partial charge in [0.25, 0.3) is 5.91 Å². The highest BCUT2D eigenvalue weighted by Gasteiger charge is 2.28. The third-order valence-corrected chi connectivity index (χ3v) is 7.48. The Labute approximate surface area is 203 Å². The largest absolute Gasteiger partial charge is 0.355 e. The Hall–Kier alpha value is -3.26. The molecule has 1 N–H and O–H groups in total. The monoisotopic (exact) mass is 474 g/mol. The zero-order chi connectivity index (χ0) is 24.0. The van der Waals surface area contributed by atoms with Gasteiger partial charge in [0, 0.05) is 48.8 Å². The summed E-state index contributed by atoms with van der Waals surface area (Å²) in [6.45, 7) is 10.3. The van der Waals surface area contributed by atoms with Crippen molar-refractivity contribution in [3.63, 3.8) is 0 Å². The molecule has 4 heterocycles. The highest BCUT2D eigenvalue weighted by molar-refractivity contribution is 7.17. The maximum Gasteiger partial charge on any atom is 0.256 e. The average Bonchev–Trinajstić information content (AvgIpc) is 3.52. The molecule has 1 atom stereocenters. The summed E-state index contributed by atoms with van der Waals surface area (Å²) in [6.07, 6.45) is 2.68. The van der Waals surface area contributed by atoms with E-state index in [0.29, 0.717) is 17.3 Å². The Morgan fingerprint density at radius 2 is 2.00 bits per heavy atom. The van der Waals surface area contributed by atoms with Gasteiger partial charge in [-0.2, -0.15) is 5.10 Å². The lowest BCUT2D eigenvalue weighted by molar-refractivity contribution is 0.102. The van der Waals surface area contributed by atoms with E-state index in [-0.39, 0.29) is 11.3 Å². The second kappa shape index (κ2) is 8.51. The Bertz CT molecular complexity index is 1370. The molecule has 34 heavy (non-hydrogen) atoms. The van der Waals surface area contributed by atoms with E-state index in [2.05, 4.69) is 58.4 Å². The van der Waals surface area contributed by atoms with E-state index in [1.165, 1.54) is 11.1 Å². The first kappa shape index (κ1) is 22.5. The fourth-order valence-electron chi connectivity index (χ4n) is 4.85. The number of nitrogens with zero attached hydrogens (tertiary/aromatic N) is 5. The first-order chi connectivity index (χ1) is 16.2. The van der Waals surface area contributed by atoms with Crippen molar-refractivity contribution in [1.82, 2.24) is 19.7 Å². The lowest BCUT2D eigenvalue weighted by Crippen LogP contribution is -2.21. The topological polar surface area (TPSA) is 75.9 Å². The molecule has 8 heteroatoms. The van der Waals surface area contributed by atoms with Crippen LogP contribution < -0.4 is 10.2 Å². The fraction of sp³-hybridized carbons (Fsp3) is 0.385. The molecular formula is C26H30N6OS. The lowest BCUT2D eigenvalue weighted by Gasteiger charge is -2.19. The van der Waals surface area contributed by atoms with Crippen molar-refractivity contribution in [3.05, 3.63) is 64.4 Å². The SMILES string of the molecule is Cc1ccc(C(=O)Nc2cc(C(C)(C)C)n(C)n2)cc1[C@@H]1CCN(c2ncnc3ccsc23)C1. The van der Waals surface area contributed by atoms with Crippen LogP contribution in [0.4, 0.5) is 11.6 Å². The number of aryl methyl sites for hydroxylation is 2. The standard InChI is InChI=1S/C26H30N6OS/c1-16-6-7-17(25(33)29-22-13-21(26(2,3)4)31(5)30-22)12-19(16)18-8-10-32(14-18)24-23-20(9-11-34-23)27-15-28-24/h6-7,9,11-13,15,18H,8,10,14H2,1-5H3,(H,29,30,33)/t18-/m1/s1. The zero-order valence-corrected chi connectivity index (χ0v) is 21.1. The number of thiophene rings is 1. The van der Waals surface area contributed by atoms with Crippen molar-refractivity contribution in [2.75, 3.05) is 23.3 Å². The van der Waals surface area contributed by atoms with Crippen LogP contribution in [-0.2, 0) is 12.5 Å². The molecule has 1 saturated heterocycles. The van der Waals surface area contributed by atoms with Gasteiger partial charge in [-0.1, -0.05) is 26.8 Å². The molecule has 4 aromatic rings. The first-order valence-electron chi connectivity index (χ1n) is 11.6. The summed E-state index contributed by atoms with van der Waals surface area (Å²) in [4.78, 5) is 24.4. The van der Waals surface area contributed by atoms with E-state index in [9.17, 15) is 4.79 Å². The van der Waals surface area contributed by atoms with Gasteiger partial charge in [0.15, 0.2) is 5.82 Å². The van der Waals surface area contributed by atoms with Crippen LogP contribution in [0.25, 0.3) is 10.2 Å². The summed E-state index contributed by atoms with van der Waals surface area (Å²) in [5.41, 5.74) is 5.11. The molecule has 1 aliphatic heterocycles. The Morgan fingerprint density at radius 1 is 1.18 bits per heavy atom. The minimum atomic E-state index is -0.134. The number of hydrogen-bond acceptors (Lipinski definition) is 6. The number of nitrogens with one attached hydrogen (secondary N) is 1. The molecule has 7 nitrogen and oxygen atoms in total. The summed E-state index contributed by atoms with van der Waals surface area (Å²) in [5.74, 6) is 1.81. The molecule has 176 valence electrons. The maximum atomic E-state index is 13.1. The fourth-order valence-corrected chi connectivity index (χ4v) is 5.71. The first-order valence-corrected chi connectivity index (χ1v) is 12.5. The average molecular weight is 475 g/mol. The maximum absolute atomic E-state index is 13.1. The quantitative estimate of drug-likeness (QED) is 0.436. The summed E-state index contributed by atoms with van der Waals surface area (Å²) in [5, 5.41) is 9.54. The molecule has 3 aromatic heterocycles. The number of amides is 1. The minimum absolute atomic E-state index is 0.0472. The lowest BCUT2D eigenvalue weighted by atomic mass is 9.92. The van der Waals surface area contributed by atoms with E-state index in [0.717, 1.165) is 41.2 Å². The van der Waals surface area contributed by atoms with E-state index in [4.69, 9.17) is 0 Å². The van der Waals surface area contributed by atoms with Crippen molar-refractivity contribution in [3.8, 4) is 0 Å². The normalized spacial score (nSPS) is 16.4. The van der Waals surface area contributed by atoms with Gasteiger partial charge in [-0.25, -0.2) is 9.97 Å². The van der Waals surface area contributed by atoms with Crippen molar-refractivity contribution in [1.29, 1.82) is 0 Å². The zero-order valence-electron chi connectivity index (χ0n) is 20.3. The van der Waals surface area contributed by atoms with E-state index in [1.807, 2.05) is 42.1 Å². The van der Waals surface area contributed by atoms with E-state index in [1.54, 1.807) is 17.7 Å². The number of carbonyl (C=O) groups excluding carboxylic acids is 1. The number of aromatic nitrogens is 4. The predicted octanol–water partition coefficient (Wildman–Crippen LogP) is 5.28.